The molecule has 5 heteroatoms. The molecule has 1 aromatic carbocycles. The third kappa shape index (κ3) is 4.56. The lowest BCUT2D eigenvalue weighted by Gasteiger charge is -2.17. The third-order valence-electron chi connectivity index (χ3n) is 4.56. The van der Waals surface area contributed by atoms with E-state index in [1.807, 2.05) is 24.0 Å². The molecule has 0 aliphatic carbocycles. The second kappa shape index (κ2) is 7.64. The van der Waals surface area contributed by atoms with Crippen LogP contribution < -0.4 is 4.74 Å². The van der Waals surface area contributed by atoms with Crippen molar-refractivity contribution in [1.29, 1.82) is 0 Å². The van der Waals surface area contributed by atoms with E-state index in [1.54, 1.807) is 0 Å². The van der Waals surface area contributed by atoms with Crippen LogP contribution in [0.4, 0.5) is 0 Å². The molecule has 0 saturated carbocycles. The Hall–Kier alpha value is -2.43. The Labute approximate surface area is 149 Å². The molecule has 1 aliphatic heterocycles. The van der Waals surface area contributed by atoms with Gasteiger partial charge in [0.1, 0.15) is 6.10 Å². The standard InChI is InChI=1S/C20H25N3O2/c1-14(2)17-7-5-16(6-8-17)12-20(24)23-11-10-18(13-23)25-19-9-4-15(3)21-22-19/h4-9,14,18H,10-13H2,1-3H3. The van der Waals surface area contributed by atoms with Crippen LogP contribution in [0.2, 0.25) is 0 Å². The van der Waals surface area contributed by atoms with E-state index in [0.717, 1.165) is 24.2 Å². The summed E-state index contributed by atoms with van der Waals surface area (Å²) < 4.78 is 5.84. The first-order chi connectivity index (χ1) is 12.0. The molecule has 0 bridgehead atoms. The van der Waals surface area contributed by atoms with Gasteiger partial charge in [-0.3, -0.25) is 4.79 Å². The molecule has 132 valence electrons. The van der Waals surface area contributed by atoms with Crippen LogP contribution in [0, 0.1) is 6.92 Å². The van der Waals surface area contributed by atoms with Crippen molar-refractivity contribution in [1.82, 2.24) is 15.1 Å². The Bertz CT molecular complexity index is 711. The summed E-state index contributed by atoms with van der Waals surface area (Å²) in [5.74, 6) is 1.18. The summed E-state index contributed by atoms with van der Waals surface area (Å²) in [7, 11) is 0. The van der Waals surface area contributed by atoms with Crippen LogP contribution >= 0.6 is 0 Å². The number of carbonyl (C=O) groups excluding carboxylic acids is 1. The molecule has 1 atom stereocenters. The first kappa shape index (κ1) is 17.4. The molecule has 1 fully saturated rings. The van der Waals surface area contributed by atoms with E-state index >= 15 is 0 Å². The number of aromatic nitrogens is 2. The van der Waals surface area contributed by atoms with Gasteiger partial charge >= 0.3 is 0 Å². The predicted octanol–water partition coefficient (Wildman–Crippen LogP) is 3.13. The number of rotatable bonds is 5. The van der Waals surface area contributed by atoms with E-state index in [2.05, 4.69) is 48.3 Å². The molecule has 1 saturated heterocycles. The molecule has 0 spiro atoms. The zero-order valence-electron chi connectivity index (χ0n) is 15.1. The lowest BCUT2D eigenvalue weighted by Crippen LogP contribution is -2.32. The Kier molecular flexibility index (Phi) is 5.31. The van der Waals surface area contributed by atoms with Crippen LogP contribution in [0.15, 0.2) is 36.4 Å². The molecule has 0 radical (unpaired) electrons. The molecule has 1 unspecified atom stereocenters. The van der Waals surface area contributed by atoms with Crippen LogP contribution in [0.3, 0.4) is 0 Å². The van der Waals surface area contributed by atoms with Gasteiger partial charge in [-0.1, -0.05) is 38.1 Å². The van der Waals surface area contributed by atoms with Gasteiger partial charge in [-0.2, -0.15) is 5.10 Å². The van der Waals surface area contributed by atoms with Crippen molar-refractivity contribution in [3.8, 4) is 5.88 Å². The van der Waals surface area contributed by atoms with Gasteiger partial charge in [0.2, 0.25) is 11.8 Å². The highest BCUT2D eigenvalue weighted by Crippen LogP contribution is 2.19. The average molecular weight is 339 g/mol. The molecule has 5 nitrogen and oxygen atoms in total. The van der Waals surface area contributed by atoms with Crippen LogP contribution in [0.1, 0.15) is 43.0 Å². The fraction of sp³-hybridized carbons (Fsp3) is 0.450. The van der Waals surface area contributed by atoms with Gasteiger partial charge in [-0.25, -0.2) is 0 Å². The van der Waals surface area contributed by atoms with Crippen LogP contribution in [0.5, 0.6) is 5.88 Å². The topological polar surface area (TPSA) is 55.3 Å². The van der Waals surface area contributed by atoms with E-state index in [9.17, 15) is 4.79 Å². The van der Waals surface area contributed by atoms with Gasteiger partial charge in [0.15, 0.2) is 0 Å². The molecule has 0 N–H and O–H groups in total. The van der Waals surface area contributed by atoms with Gasteiger partial charge in [-0.15, -0.1) is 5.10 Å². The lowest BCUT2D eigenvalue weighted by atomic mass is 10.0. The lowest BCUT2D eigenvalue weighted by molar-refractivity contribution is -0.129. The van der Waals surface area contributed by atoms with E-state index in [1.165, 1.54) is 5.56 Å². The molecule has 1 aromatic heterocycles. The van der Waals surface area contributed by atoms with Crippen molar-refractivity contribution in [3.05, 3.63) is 53.2 Å². The van der Waals surface area contributed by atoms with Gasteiger partial charge in [0.25, 0.3) is 0 Å². The summed E-state index contributed by atoms with van der Waals surface area (Å²) in [6.45, 7) is 7.57. The second-order valence-electron chi connectivity index (χ2n) is 6.95. The molecule has 1 aliphatic rings. The van der Waals surface area contributed by atoms with Crippen LogP contribution in [-0.4, -0.2) is 40.2 Å². The predicted molar refractivity (Wildman–Crippen MR) is 96.6 cm³/mol. The zero-order chi connectivity index (χ0) is 17.8. The minimum absolute atomic E-state index is 0.00993. The third-order valence-corrected chi connectivity index (χ3v) is 4.56. The fourth-order valence-corrected chi connectivity index (χ4v) is 2.98. The minimum Gasteiger partial charge on any atom is -0.471 e. The van der Waals surface area contributed by atoms with Gasteiger partial charge in [0.05, 0.1) is 18.7 Å². The highest BCUT2D eigenvalue weighted by Gasteiger charge is 2.27. The van der Waals surface area contributed by atoms with E-state index in [0.29, 0.717) is 24.8 Å². The summed E-state index contributed by atoms with van der Waals surface area (Å²) in [5, 5.41) is 8.02. The van der Waals surface area contributed by atoms with Crippen LogP contribution in [0.25, 0.3) is 0 Å². The molecule has 3 rings (SSSR count). The molecule has 2 heterocycles. The number of hydrogen-bond donors (Lipinski definition) is 0. The maximum absolute atomic E-state index is 12.5. The molecular weight excluding hydrogens is 314 g/mol. The number of ether oxygens (including phenoxy) is 1. The van der Waals surface area contributed by atoms with Crippen molar-refractivity contribution < 1.29 is 9.53 Å². The summed E-state index contributed by atoms with van der Waals surface area (Å²) in [6.07, 6.45) is 1.26. The number of likely N-dealkylation sites (tertiary alicyclic amines) is 1. The number of carbonyl (C=O) groups is 1. The summed E-state index contributed by atoms with van der Waals surface area (Å²) in [6, 6.07) is 12.0. The minimum atomic E-state index is -0.00993. The number of aryl methyl sites for hydroxylation is 1. The van der Waals surface area contributed by atoms with Gasteiger partial charge in [-0.05, 0) is 30.0 Å². The smallest absolute Gasteiger partial charge is 0.233 e. The van der Waals surface area contributed by atoms with Gasteiger partial charge in [0, 0.05) is 19.0 Å². The molecule has 25 heavy (non-hydrogen) atoms. The number of nitrogens with zero attached hydrogens (tertiary/aromatic N) is 3. The first-order valence-electron chi connectivity index (χ1n) is 8.85. The monoisotopic (exact) mass is 339 g/mol. The van der Waals surface area contributed by atoms with Crippen molar-refractivity contribution >= 4 is 5.91 Å². The Morgan fingerprint density at radius 2 is 1.96 bits per heavy atom. The maximum atomic E-state index is 12.5. The number of benzene rings is 1. The summed E-state index contributed by atoms with van der Waals surface area (Å²) in [4.78, 5) is 14.4. The van der Waals surface area contributed by atoms with E-state index in [-0.39, 0.29) is 12.0 Å². The SMILES string of the molecule is Cc1ccc(OC2CCN(C(=O)Cc3ccc(C(C)C)cc3)C2)nn1. The number of hydrogen-bond acceptors (Lipinski definition) is 4. The second-order valence-corrected chi connectivity index (χ2v) is 6.95. The van der Waals surface area contributed by atoms with Gasteiger partial charge < -0.3 is 9.64 Å². The highest BCUT2D eigenvalue weighted by molar-refractivity contribution is 5.79. The van der Waals surface area contributed by atoms with Crippen molar-refractivity contribution in [2.75, 3.05) is 13.1 Å². The Morgan fingerprint density at radius 1 is 1.20 bits per heavy atom. The van der Waals surface area contributed by atoms with E-state index < -0.39 is 0 Å². The highest BCUT2D eigenvalue weighted by atomic mass is 16.5. The first-order valence-corrected chi connectivity index (χ1v) is 8.85. The molecule has 1 amide bonds. The van der Waals surface area contributed by atoms with Crippen molar-refractivity contribution in [2.45, 2.75) is 45.6 Å². The molecule has 2 aromatic rings. The summed E-state index contributed by atoms with van der Waals surface area (Å²) in [5.41, 5.74) is 3.22. The van der Waals surface area contributed by atoms with Crippen molar-refractivity contribution in [3.63, 3.8) is 0 Å². The zero-order valence-corrected chi connectivity index (χ0v) is 15.1. The maximum Gasteiger partial charge on any atom is 0.233 e. The molecular formula is C20H25N3O2. The summed E-state index contributed by atoms with van der Waals surface area (Å²) >= 11 is 0. The normalized spacial score (nSPS) is 17.1. The quantitative estimate of drug-likeness (QED) is 0.840. The number of amides is 1. The Balaban J connectivity index is 1.52. The van der Waals surface area contributed by atoms with E-state index in [4.69, 9.17) is 4.74 Å². The van der Waals surface area contributed by atoms with Crippen LogP contribution in [-0.2, 0) is 11.2 Å². The fourth-order valence-electron chi connectivity index (χ4n) is 2.98. The largest absolute Gasteiger partial charge is 0.471 e. The Morgan fingerprint density at radius 3 is 2.60 bits per heavy atom. The average Bonchev–Trinajstić information content (AvgIpc) is 3.06. The van der Waals surface area contributed by atoms with Crippen molar-refractivity contribution in [2.24, 2.45) is 0 Å².